The first-order valence-corrected chi connectivity index (χ1v) is 8.35. The highest BCUT2D eigenvalue weighted by Gasteiger charge is 2.05. The Labute approximate surface area is 151 Å². The topological polar surface area (TPSA) is 65.9 Å². The molecule has 0 aliphatic carbocycles. The Kier molecular flexibility index (Phi) is 7.20. The van der Waals surface area contributed by atoms with Gasteiger partial charge in [-0.15, -0.1) is 0 Å². The maximum atomic E-state index is 13.7. The summed E-state index contributed by atoms with van der Waals surface area (Å²) < 4.78 is 32.0. The van der Waals surface area contributed by atoms with Gasteiger partial charge in [0.25, 0.3) is 0 Å². The molecule has 0 saturated heterocycles. The highest BCUT2D eigenvalue weighted by Crippen LogP contribution is 2.26. The quantitative estimate of drug-likeness (QED) is 0.523. The molecule has 5 nitrogen and oxygen atoms in total. The molecule has 7 heteroatoms. The van der Waals surface area contributed by atoms with Crippen LogP contribution in [-0.4, -0.2) is 31.3 Å². The lowest BCUT2D eigenvalue weighted by molar-refractivity contribution is 0.373. The summed E-state index contributed by atoms with van der Waals surface area (Å²) >= 11 is 0. The minimum atomic E-state index is -0.490. The van der Waals surface area contributed by atoms with Gasteiger partial charge < -0.3 is 20.5 Å². The van der Waals surface area contributed by atoms with Crippen molar-refractivity contribution in [3.05, 3.63) is 59.2 Å². The molecule has 0 aromatic heterocycles. The van der Waals surface area contributed by atoms with E-state index in [2.05, 4.69) is 15.6 Å². The summed E-state index contributed by atoms with van der Waals surface area (Å²) in [5.74, 6) is 0.0563. The number of benzene rings is 2. The zero-order valence-electron chi connectivity index (χ0n) is 14.9. The van der Waals surface area contributed by atoms with Crippen molar-refractivity contribution >= 4 is 5.96 Å². The Morgan fingerprint density at radius 3 is 2.69 bits per heavy atom. The van der Waals surface area contributed by atoms with Gasteiger partial charge in [0.05, 0.1) is 13.7 Å². The van der Waals surface area contributed by atoms with E-state index in [4.69, 9.17) is 4.74 Å². The van der Waals surface area contributed by atoms with Gasteiger partial charge in [-0.05, 0) is 49.2 Å². The summed E-state index contributed by atoms with van der Waals surface area (Å²) in [6.45, 7) is 3.17. The molecule has 3 N–H and O–H groups in total. The summed E-state index contributed by atoms with van der Waals surface area (Å²) in [5.41, 5.74) is 1.18. The molecule has 2 rings (SSSR count). The van der Waals surface area contributed by atoms with Gasteiger partial charge in [-0.3, -0.25) is 0 Å². The standard InChI is InChI=1S/C19H23F2N3O2/c1-3-22-19(24-12-14-11-15(20)5-6-16(14)21)23-9-8-13-4-7-17(25)18(10-13)26-2/h4-7,10-11,25H,3,8-9,12H2,1-2H3,(H2,22,23,24). The Hall–Kier alpha value is -2.83. The first-order valence-electron chi connectivity index (χ1n) is 8.35. The monoisotopic (exact) mass is 363 g/mol. The average Bonchev–Trinajstić information content (AvgIpc) is 2.63. The number of phenols is 1. The number of halogens is 2. The van der Waals surface area contributed by atoms with Crippen molar-refractivity contribution in [3.63, 3.8) is 0 Å². The Balaban J connectivity index is 1.96. The van der Waals surface area contributed by atoms with Crippen LogP contribution in [0.15, 0.2) is 41.4 Å². The molecule has 0 atom stereocenters. The number of aliphatic imine (C=N–C) groups is 1. The molecule has 0 aliphatic rings. The molecule has 2 aromatic carbocycles. The van der Waals surface area contributed by atoms with Crippen LogP contribution in [0.3, 0.4) is 0 Å². The van der Waals surface area contributed by atoms with Gasteiger partial charge in [-0.1, -0.05) is 6.07 Å². The third-order valence-electron chi connectivity index (χ3n) is 3.71. The second-order valence-corrected chi connectivity index (χ2v) is 5.61. The lowest BCUT2D eigenvalue weighted by atomic mass is 10.1. The third-order valence-corrected chi connectivity index (χ3v) is 3.71. The van der Waals surface area contributed by atoms with Crippen molar-refractivity contribution in [2.45, 2.75) is 19.9 Å². The van der Waals surface area contributed by atoms with Crippen molar-refractivity contribution in [1.29, 1.82) is 0 Å². The molecule has 0 radical (unpaired) electrons. The summed E-state index contributed by atoms with van der Waals surface area (Å²) in [7, 11) is 1.50. The van der Waals surface area contributed by atoms with Crippen LogP contribution in [0.4, 0.5) is 8.78 Å². The molecule has 140 valence electrons. The fourth-order valence-electron chi connectivity index (χ4n) is 2.37. The normalized spacial score (nSPS) is 11.3. The Morgan fingerprint density at radius 1 is 1.15 bits per heavy atom. The number of methoxy groups -OCH3 is 1. The second kappa shape index (κ2) is 9.60. The van der Waals surface area contributed by atoms with Crippen LogP contribution in [0.2, 0.25) is 0 Å². The first-order chi connectivity index (χ1) is 12.5. The van der Waals surface area contributed by atoms with E-state index in [1.54, 1.807) is 12.1 Å². The van der Waals surface area contributed by atoms with E-state index in [9.17, 15) is 13.9 Å². The van der Waals surface area contributed by atoms with Crippen LogP contribution in [0.1, 0.15) is 18.1 Å². The second-order valence-electron chi connectivity index (χ2n) is 5.61. The number of nitrogens with zero attached hydrogens (tertiary/aromatic N) is 1. The minimum Gasteiger partial charge on any atom is -0.504 e. The summed E-state index contributed by atoms with van der Waals surface area (Å²) in [4.78, 5) is 4.29. The van der Waals surface area contributed by atoms with Gasteiger partial charge in [0.1, 0.15) is 11.6 Å². The number of hydrogen-bond donors (Lipinski definition) is 3. The fourth-order valence-corrected chi connectivity index (χ4v) is 2.37. The van der Waals surface area contributed by atoms with E-state index in [0.717, 1.165) is 23.8 Å². The van der Waals surface area contributed by atoms with Gasteiger partial charge in [0, 0.05) is 18.7 Å². The number of rotatable bonds is 7. The Bertz CT molecular complexity index is 766. The number of phenolic OH excluding ortho intramolecular Hbond substituents is 1. The number of guanidine groups is 1. The molecular formula is C19H23F2N3O2. The van der Waals surface area contributed by atoms with Crippen LogP contribution in [0.5, 0.6) is 11.5 Å². The number of ether oxygens (including phenoxy) is 1. The molecule has 0 fully saturated rings. The van der Waals surface area contributed by atoms with Gasteiger partial charge in [0.2, 0.25) is 0 Å². The SMILES string of the molecule is CCNC(=NCc1cc(F)ccc1F)NCCc1ccc(O)c(OC)c1. The fraction of sp³-hybridized carbons (Fsp3) is 0.316. The van der Waals surface area contributed by atoms with Crippen LogP contribution in [-0.2, 0) is 13.0 Å². The summed E-state index contributed by atoms with van der Waals surface area (Å²) in [6.07, 6.45) is 0.676. The number of aromatic hydroxyl groups is 1. The average molecular weight is 363 g/mol. The van der Waals surface area contributed by atoms with Gasteiger partial charge in [0.15, 0.2) is 17.5 Å². The number of nitrogens with one attached hydrogen (secondary N) is 2. The van der Waals surface area contributed by atoms with Crippen LogP contribution in [0.25, 0.3) is 0 Å². The van der Waals surface area contributed by atoms with E-state index in [1.807, 2.05) is 13.0 Å². The predicted molar refractivity (Wildman–Crippen MR) is 97.5 cm³/mol. The maximum absolute atomic E-state index is 13.7. The van der Waals surface area contributed by atoms with Crippen LogP contribution >= 0.6 is 0 Å². The van der Waals surface area contributed by atoms with Crippen molar-refractivity contribution in [3.8, 4) is 11.5 Å². The summed E-state index contributed by atoms with van der Waals surface area (Å²) in [6, 6.07) is 8.48. The third kappa shape index (κ3) is 5.61. The molecule has 0 amide bonds. The largest absolute Gasteiger partial charge is 0.504 e. The van der Waals surface area contributed by atoms with E-state index >= 15 is 0 Å². The molecule has 0 bridgehead atoms. The van der Waals surface area contributed by atoms with Gasteiger partial charge in [-0.25, -0.2) is 13.8 Å². The lowest BCUT2D eigenvalue weighted by Gasteiger charge is -2.12. The molecular weight excluding hydrogens is 340 g/mol. The van der Waals surface area contributed by atoms with E-state index < -0.39 is 11.6 Å². The van der Waals surface area contributed by atoms with Crippen LogP contribution in [0, 0.1) is 11.6 Å². The zero-order chi connectivity index (χ0) is 18.9. The molecule has 0 aliphatic heterocycles. The maximum Gasteiger partial charge on any atom is 0.191 e. The lowest BCUT2D eigenvalue weighted by Crippen LogP contribution is -2.38. The van der Waals surface area contributed by atoms with Gasteiger partial charge >= 0.3 is 0 Å². The van der Waals surface area contributed by atoms with Gasteiger partial charge in [-0.2, -0.15) is 0 Å². The Morgan fingerprint density at radius 2 is 1.96 bits per heavy atom. The molecule has 26 heavy (non-hydrogen) atoms. The van der Waals surface area contributed by atoms with Crippen molar-refractivity contribution in [2.24, 2.45) is 4.99 Å². The van der Waals surface area contributed by atoms with E-state index in [-0.39, 0.29) is 17.9 Å². The predicted octanol–water partition coefficient (Wildman–Crippen LogP) is 2.98. The van der Waals surface area contributed by atoms with Crippen molar-refractivity contribution in [2.75, 3.05) is 20.2 Å². The zero-order valence-corrected chi connectivity index (χ0v) is 14.9. The van der Waals surface area contributed by atoms with Crippen LogP contribution < -0.4 is 15.4 Å². The van der Waals surface area contributed by atoms with Crippen molar-refractivity contribution in [1.82, 2.24) is 10.6 Å². The molecule has 0 unspecified atom stereocenters. The van der Waals surface area contributed by atoms with E-state index in [1.165, 1.54) is 7.11 Å². The first kappa shape index (κ1) is 19.5. The molecule has 0 heterocycles. The highest BCUT2D eigenvalue weighted by atomic mass is 19.1. The molecule has 0 spiro atoms. The summed E-state index contributed by atoms with van der Waals surface area (Å²) in [5, 5.41) is 15.8. The highest BCUT2D eigenvalue weighted by molar-refractivity contribution is 5.79. The smallest absolute Gasteiger partial charge is 0.191 e. The van der Waals surface area contributed by atoms with Crippen molar-refractivity contribution < 1.29 is 18.6 Å². The number of hydrogen-bond acceptors (Lipinski definition) is 3. The minimum absolute atomic E-state index is 0.0337. The molecule has 0 saturated carbocycles. The molecule has 2 aromatic rings. The van der Waals surface area contributed by atoms with E-state index in [0.29, 0.717) is 31.2 Å².